The predicted octanol–water partition coefficient (Wildman–Crippen LogP) is 2.77. The van der Waals surface area contributed by atoms with Crippen LogP contribution in [0.1, 0.15) is 11.1 Å². The van der Waals surface area contributed by atoms with Crippen LogP contribution in [0.4, 0.5) is 23.1 Å². The van der Waals surface area contributed by atoms with Crippen LogP contribution in [0.2, 0.25) is 0 Å². The van der Waals surface area contributed by atoms with Gasteiger partial charge in [0.15, 0.2) is 9.84 Å². The Hall–Kier alpha value is -4.06. The third-order valence-corrected chi connectivity index (χ3v) is 5.43. The molecule has 0 aliphatic rings. The largest absolute Gasteiger partial charge is 0.481 e. The lowest BCUT2D eigenvalue weighted by molar-refractivity contribution is -0.384. The lowest BCUT2D eigenvalue weighted by atomic mass is 10.1. The highest BCUT2D eigenvalue weighted by atomic mass is 32.2. The van der Waals surface area contributed by atoms with Gasteiger partial charge in [0.05, 0.1) is 16.2 Å². The number of hydrogen-bond donors (Lipinski definition) is 3. The van der Waals surface area contributed by atoms with E-state index in [1.807, 2.05) is 0 Å². The number of hydrogen-bond acceptors (Lipinski definition) is 9. The lowest BCUT2D eigenvalue weighted by Crippen LogP contribution is -2.08. The van der Waals surface area contributed by atoms with Crippen LogP contribution in [-0.4, -0.2) is 40.6 Å². The van der Waals surface area contributed by atoms with Gasteiger partial charge in [0.2, 0.25) is 11.8 Å². The summed E-state index contributed by atoms with van der Waals surface area (Å²) >= 11 is 0. The molecule has 0 unspecified atom stereocenters. The number of carboxylic acids is 1. The molecule has 0 radical (unpaired) electrons. The van der Waals surface area contributed by atoms with E-state index in [0.717, 1.165) is 12.5 Å². The zero-order valence-corrected chi connectivity index (χ0v) is 17.7. The second-order valence-electron chi connectivity index (χ2n) is 6.85. The molecule has 0 saturated heterocycles. The number of aliphatic carboxylic acids is 1. The van der Waals surface area contributed by atoms with E-state index in [4.69, 9.17) is 5.11 Å². The Balaban J connectivity index is 1.79. The molecule has 0 bridgehead atoms. The Bertz CT molecular complexity index is 1260. The minimum Gasteiger partial charge on any atom is -0.481 e. The van der Waals surface area contributed by atoms with Crippen molar-refractivity contribution in [3.63, 3.8) is 0 Å². The summed E-state index contributed by atoms with van der Waals surface area (Å²) in [5.41, 5.74) is 1.45. The number of anilines is 3. The second kappa shape index (κ2) is 9.39. The Kier molecular flexibility index (Phi) is 6.64. The van der Waals surface area contributed by atoms with Gasteiger partial charge in [0, 0.05) is 18.5 Å². The molecule has 1 heterocycles. The van der Waals surface area contributed by atoms with Crippen LogP contribution in [0.25, 0.3) is 0 Å². The molecule has 2 aromatic carbocycles. The molecule has 3 rings (SSSR count). The van der Waals surface area contributed by atoms with Crippen LogP contribution in [0.3, 0.4) is 0 Å². The van der Waals surface area contributed by atoms with Crippen molar-refractivity contribution in [2.75, 3.05) is 16.9 Å². The number of nitrogens with zero attached hydrogens (tertiary/aromatic N) is 3. The SMILES string of the molecule is CS(=O)(=O)c1cccc(CNc2nc(Nc3ccc(CC(=O)O)cc3)ncc2[N+](=O)[O-])c1. The van der Waals surface area contributed by atoms with Crippen molar-refractivity contribution in [1.82, 2.24) is 9.97 Å². The summed E-state index contributed by atoms with van der Waals surface area (Å²) in [7, 11) is -3.39. The van der Waals surface area contributed by atoms with E-state index in [1.165, 1.54) is 12.1 Å². The fraction of sp³-hybridized carbons (Fsp3) is 0.150. The predicted molar refractivity (Wildman–Crippen MR) is 117 cm³/mol. The van der Waals surface area contributed by atoms with Gasteiger partial charge < -0.3 is 15.7 Å². The van der Waals surface area contributed by atoms with Crippen molar-refractivity contribution in [1.29, 1.82) is 0 Å². The number of sulfone groups is 1. The molecule has 3 N–H and O–H groups in total. The molecule has 0 fully saturated rings. The molecule has 1 aromatic heterocycles. The Morgan fingerprint density at radius 2 is 1.88 bits per heavy atom. The first kappa shape index (κ1) is 22.6. The zero-order chi connectivity index (χ0) is 23.3. The summed E-state index contributed by atoms with van der Waals surface area (Å²) < 4.78 is 23.5. The number of benzene rings is 2. The zero-order valence-electron chi connectivity index (χ0n) is 16.8. The van der Waals surface area contributed by atoms with Crippen LogP contribution in [0.5, 0.6) is 0 Å². The van der Waals surface area contributed by atoms with E-state index in [0.29, 0.717) is 16.8 Å². The van der Waals surface area contributed by atoms with Gasteiger partial charge in [-0.15, -0.1) is 0 Å². The standard InChI is InChI=1S/C20H19N5O6S/c1-32(30,31)16-4-2-3-14(9-16)11-21-19-17(25(28)29)12-22-20(24-19)23-15-7-5-13(6-8-15)10-18(26)27/h2-9,12H,10-11H2,1H3,(H,26,27)(H2,21,22,23,24). The maximum atomic E-state index is 11.7. The van der Waals surface area contributed by atoms with Gasteiger partial charge in [-0.2, -0.15) is 4.98 Å². The molecular weight excluding hydrogens is 438 g/mol. The van der Waals surface area contributed by atoms with Crippen molar-refractivity contribution < 1.29 is 23.2 Å². The highest BCUT2D eigenvalue weighted by molar-refractivity contribution is 7.90. The molecule has 0 aliphatic heterocycles. The third kappa shape index (κ3) is 5.98. The fourth-order valence-electron chi connectivity index (χ4n) is 2.78. The normalized spacial score (nSPS) is 11.0. The van der Waals surface area contributed by atoms with E-state index in [2.05, 4.69) is 20.6 Å². The van der Waals surface area contributed by atoms with Crippen LogP contribution < -0.4 is 10.6 Å². The van der Waals surface area contributed by atoms with Crippen molar-refractivity contribution in [3.8, 4) is 0 Å². The quantitative estimate of drug-likeness (QED) is 0.321. The molecule has 0 atom stereocenters. The van der Waals surface area contributed by atoms with E-state index in [9.17, 15) is 23.3 Å². The first-order valence-corrected chi connectivity index (χ1v) is 11.1. The number of nitrogens with one attached hydrogen (secondary N) is 2. The minimum absolute atomic E-state index is 0.0419. The van der Waals surface area contributed by atoms with E-state index < -0.39 is 20.7 Å². The summed E-state index contributed by atoms with van der Waals surface area (Å²) in [5, 5.41) is 25.9. The molecule has 0 saturated carbocycles. The van der Waals surface area contributed by atoms with Gasteiger partial charge >= 0.3 is 11.7 Å². The van der Waals surface area contributed by atoms with Gasteiger partial charge in [-0.1, -0.05) is 24.3 Å². The number of rotatable bonds is 9. The molecule has 0 amide bonds. The van der Waals surface area contributed by atoms with Crippen LogP contribution in [-0.2, 0) is 27.6 Å². The number of carbonyl (C=O) groups is 1. The van der Waals surface area contributed by atoms with Crippen molar-refractivity contribution in [2.45, 2.75) is 17.9 Å². The third-order valence-electron chi connectivity index (χ3n) is 4.32. The number of carboxylic acid groups (broad SMARTS) is 1. The van der Waals surface area contributed by atoms with Gasteiger partial charge in [-0.3, -0.25) is 14.9 Å². The fourth-order valence-corrected chi connectivity index (χ4v) is 3.47. The number of nitro groups is 1. The van der Waals surface area contributed by atoms with Crippen molar-refractivity contribution in [2.24, 2.45) is 0 Å². The molecule has 166 valence electrons. The van der Waals surface area contributed by atoms with Crippen LogP contribution in [0.15, 0.2) is 59.6 Å². The second-order valence-corrected chi connectivity index (χ2v) is 8.87. The van der Waals surface area contributed by atoms with E-state index >= 15 is 0 Å². The molecular formula is C20H19N5O6S. The first-order chi connectivity index (χ1) is 15.1. The van der Waals surface area contributed by atoms with Gasteiger partial charge in [0.1, 0.15) is 6.20 Å². The highest BCUT2D eigenvalue weighted by Crippen LogP contribution is 2.24. The van der Waals surface area contributed by atoms with Gasteiger partial charge in [-0.25, -0.2) is 13.4 Å². The summed E-state index contributed by atoms with van der Waals surface area (Å²) in [6.45, 7) is 0.102. The smallest absolute Gasteiger partial charge is 0.329 e. The summed E-state index contributed by atoms with van der Waals surface area (Å²) in [5.74, 6) is -0.893. The van der Waals surface area contributed by atoms with Gasteiger partial charge in [-0.05, 0) is 35.4 Å². The molecule has 11 nitrogen and oxygen atoms in total. The molecule has 0 spiro atoms. The van der Waals surface area contributed by atoms with Crippen molar-refractivity contribution in [3.05, 3.63) is 76.0 Å². The van der Waals surface area contributed by atoms with E-state index in [1.54, 1.807) is 36.4 Å². The Morgan fingerprint density at radius 3 is 2.50 bits per heavy atom. The average Bonchev–Trinajstić information content (AvgIpc) is 2.73. The minimum atomic E-state index is -3.39. The highest BCUT2D eigenvalue weighted by Gasteiger charge is 2.18. The maximum absolute atomic E-state index is 11.7. The maximum Gasteiger partial charge on any atom is 0.329 e. The first-order valence-electron chi connectivity index (χ1n) is 9.24. The summed E-state index contributed by atoms with van der Waals surface area (Å²) in [6, 6.07) is 12.8. The molecule has 0 aliphatic carbocycles. The molecule has 12 heteroatoms. The van der Waals surface area contributed by atoms with Crippen LogP contribution in [0, 0.1) is 10.1 Å². The molecule has 32 heavy (non-hydrogen) atoms. The lowest BCUT2D eigenvalue weighted by Gasteiger charge is -2.10. The Labute approximate surface area is 183 Å². The van der Waals surface area contributed by atoms with Gasteiger partial charge in [0.25, 0.3) is 0 Å². The topological polar surface area (TPSA) is 164 Å². The monoisotopic (exact) mass is 457 g/mol. The summed E-state index contributed by atoms with van der Waals surface area (Å²) in [4.78, 5) is 29.8. The van der Waals surface area contributed by atoms with Crippen molar-refractivity contribution >= 4 is 38.9 Å². The Morgan fingerprint density at radius 1 is 1.16 bits per heavy atom. The average molecular weight is 457 g/mol. The number of aromatic nitrogens is 2. The van der Waals surface area contributed by atoms with Crippen LogP contribution >= 0.6 is 0 Å². The molecule has 3 aromatic rings. The van der Waals surface area contributed by atoms with E-state index in [-0.39, 0.29) is 35.3 Å². The summed E-state index contributed by atoms with van der Waals surface area (Å²) in [6.07, 6.45) is 2.05.